The Balaban J connectivity index is 1.99. The number of aromatic hydroxyl groups is 1. The summed E-state index contributed by atoms with van der Waals surface area (Å²) in [7, 11) is 0. The van der Waals surface area contributed by atoms with E-state index in [4.69, 9.17) is 11.6 Å². The molecule has 0 spiro atoms. The molecule has 3 nitrogen and oxygen atoms in total. The van der Waals surface area contributed by atoms with Crippen LogP contribution in [0.4, 0.5) is 0 Å². The van der Waals surface area contributed by atoms with Crippen LogP contribution in [0.2, 0.25) is 5.02 Å². The third-order valence-corrected chi connectivity index (χ3v) is 3.53. The van der Waals surface area contributed by atoms with E-state index in [2.05, 4.69) is 5.32 Å². The van der Waals surface area contributed by atoms with Gasteiger partial charge in [0.1, 0.15) is 10.6 Å². The lowest BCUT2D eigenvalue weighted by molar-refractivity contribution is 0.0955. The zero-order valence-corrected chi connectivity index (χ0v) is 10.4. The van der Waals surface area contributed by atoms with Crippen molar-refractivity contribution in [1.82, 2.24) is 5.32 Å². The summed E-state index contributed by atoms with van der Waals surface area (Å²) in [5.41, 5.74) is 0.839. The molecule has 2 rings (SSSR count). The fourth-order valence-electron chi connectivity index (χ4n) is 1.38. The van der Waals surface area contributed by atoms with Gasteiger partial charge in [-0.1, -0.05) is 23.7 Å². The number of carbonyl (C=O) groups is 1. The zero-order chi connectivity index (χ0) is 12.3. The van der Waals surface area contributed by atoms with Crippen molar-refractivity contribution in [2.45, 2.75) is 6.54 Å². The summed E-state index contributed by atoms with van der Waals surface area (Å²) in [4.78, 5) is 12.2. The van der Waals surface area contributed by atoms with E-state index < -0.39 is 0 Å². The third-order valence-electron chi connectivity index (χ3n) is 2.19. The summed E-state index contributed by atoms with van der Waals surface area (Å²) in [6.07, 6.45) is 0. The molecule has 17 heavy (non-hydrogen) atoms. The van der Waals surface area contributed by atoms with Gasteiger partial charge in [0.05, 0.1) is 5.02 Å². The highest BCUT2D eigenvalue weighted by Gasteiger charge is 2.11. The molecule has 1 heterocycles. The topological polar surface area (TPSA) is 49.3 Å². The zero-order valence-electron chi connectivity index (χ0n) is 8.81. The number of nitrogens with one attached hydrogen (secondary N) is 1. The molecule has 0 bridgehead atoms. The maximum Gasteiger partial charge on any atom is 0.263 e. The highest BCUT2D eigenvalue weighted by atomic mass is 35.5. The molecule has 0 radical (unpaired) electrons. The van der Waals surface area contributed by atoms with Gasteiger partial charge in [-0.05, 0) is 29.1 Å². The Morgan fingerprint density at radius 3 is 2.88 bits per heavy atom. The molecule has 1 aromatic carbocycles. The number of thiophene rings is 1. The molecule has 0 aliphatic heterocycles. The van der Waals surface area contributed by atoms with E-state index in [0.717, 1.165) is 5.56 Å². The number of phenolic OH excluding ortho intramolecular Hbond substituents is 1. The van der Waals surface area contributed by atoms with Gasteiger partial charge in [0.2, 0.25) is 0 Å². The van der Waals surface area contributed by atoms with Gasteiger partial charge in [-0.2, -0.15) is 0 Å². The van der Waals surface area contributed by atoms with E-state index >= 15 is 0 Å². The molecule has 0 saturated heterocycles. The highest BCUT2D eigenvalue weighted by molar-refractivity contribution is 7.12. The number of benzene rings is 1. The molecular formula is C12H10ClNO2S. The second kappa shape index (κ2) is 5.21. The van der Waals surface area contributed by atoms with Crippen LogP contribution in [0.1, 0.15) is 15.2 Å². The Hall–Kier alpha value is -1.52. The molecule has 0 aliphatic carbocycles. The van der Waals surface area contributed by atoms with Crippen molar-refractivity contribution in [3.8, 4) is 5.75 Å². The van der Waals surface area contributed by atoms with Gasteiger partial charge in [-0.25, -0.2) is 0 Å². The molecule has 0 aliphatic rings. The van der Waals surface area contributed by atoms with Crippen LogP contribution in [0.3, 0.4) is 0 Å². The lowest BCUT2D eigenvalue weighted by atomic mass is 10.2. The first-order chi connectivity index (χ1) is 8.16. The number of hydrogen-bond donors (Lipinski definition) is 2. The smallest absolute Gasteiger partial charge is 0.263 e. The van der Waals surface area contributed by atoms with Gasteiger partial charge in [-0.15, -0.1) is 11.3 Å². The average molecular weight is 268 g/mol. The van der Waals surface area contributed by atoms with Crippen molar-refractivity contribution in [1.29, 1.82) is 0 Å². The second-order valence-corrected chi connectivity index (χ2v) is 4.77. The lowest BCUT2D eigenvalue weighted by Gasteiger charge is -2.04. The minimum absolute atomic E-state index is 0.186. The number of hydrogen-bond acceptors (Lipinski definition) is 3. The minimum atomic E-state index is -0.201. The molecule has 1 amide bonds. The van der Waals surface area contributed by atoms with Gasteiger partial charge in [0.25, 0.3) is 5.91 Å². The molecule has 0 unspecified atom stereocenters. The second-order valence-electron chi connectivity index (χ2n) is 3.45. The fraction of sp³-hybridized carbons (Fsp3) is 0.0833. The minimum Gasteiger partial charge on any atom is -0.508 e. The van der Waals surface area contributed by atoms with Gasteiger partial charge in [0.15, 0.2) is 0 Å². The number of rotatable bonds is 3. The van der Waals surface area contributed by atoms with Crippen molar-refractivity contribution in [3.05, 3.63) is 51.2 Å². The van der Waals surface area contributed by atoms with E-state index in [1.165, 1.54) is 11.3 Å². The molecular weight excluding hydrogens is 258 g/mol. The molecule has 5 heteroatoms. The molecule has 0 fully saturated rings. The first-order valence-corrected chi connectivity index (χ1v) is 6.21. The van der Waals surface area contributed by atoms with Crippen LogP contribution in [-0.2, 0) is 6.54 Å². The van der Waals surface area contributed by atoms with Gasteiger partial charge < -0.3 is 10.4 Å². The Bertz CT molecular complexity index is 539. The van der Waals surface area contributed by atoms with Crippen LogP contribution >= 0.6 is 22.9 Å². The molecule has 2 N–H and O–H groups in total. The molecule has 2 aromatic rings. The Morgan fingerprint density at radius 2 is 2.24 bits per heavy atom. The maximum atomic E-state index is 11.7. The largest absolute Gasteiger partial charge is 0.508 e. The van der Waals surface area contributed by atoms with Crippen LogP contribution in [0, 0.1) is 0 Å². The summed E-state index contributed by atoms with van der Waals surface area (Å²) in [5, 5.41) is 14.3. The Kier molecular flexibility index (Phi) is 3.66. The van der Waals surface area contributed by atoms with Crippen LogP contribution in [0.5, 0.6) is 5.75 Å². The molecule has 1 aromatic heterocycles. The predicted octanol–water partition coefficient (Wildman–Crippen LogP) is 3.04. The quantitative estimate of drug-likeness (QED) is 0.898. The number of halogens is 1. The fourth-order valence-corrected chi connectivity index (χ4v) is 2.44. The monoisotopic (exact) mass is 267 g/mol. The maximum absolute atomic E-state index is 11.7. The summed E-state index contributed by atoms with van der Waals surface area (Å²) in [5.74, 6) is -0.0146. The van der Waals surface area contributed by atoms with Crippen molar-refractivity contribution >= 4 is 28.8 Å². The Morgan fingerprint density at radius 1 is 1.41 bits per heavy atom. The molecule has 0 saturated carbocycles. The summed E-state index contributed by atoms with van der Waals surface area (Å²) in [6, 6.07) is 8.44. The Labute approximate surface area is 108 Å². The van der Waals surface area contributed by atoms with Crippen molar-refractivity contribution in [2.75, 3.05) is 0 Å². The van der Waals surface area contributed by atoms with Crippen LogP contribution in [-0.4, -0.2) is 11.0 Å². The van der Waals surface area contributed by atoms with Gasteiger partial charge >= 0.3 is 0 Å². The van der Waals surface area contributed by atoms with Crippen molar-refractivity contribution < 1.29 is 9.90 Å². The highest BCUT2D eigenvalue weighted by Crippen LogP contribution is 2.21. The van der Waals surface area contributed by atoms with Crippen LogP contribution in [0.15, 0.2) is 35.7 Å². The van der Waals surface area contributed by atoms with Gasteiger partial charge in [-0.3, -0.25) is 4.79 Å². The van der Waals surface area contributed by atoms with E-state index in [-0.39, 0.29) is 11.7 Å². The SMILES string of the molecule is O=C(NCc1cccc(O)c1)c1sccc1Cl. The molecule has 88 valence electrons. The van der Waals surface area contributed by atoms with E-state index in [0.29, 0.717) is 16.4 Å². The van der Waals surface area contributed by atoms with Crippen molar-refractivity contribution in [3.63, 3.8) is 0 Å². The van der Waals surface area contributed by atoms with Gasteiger partial charge in [0, 0.05) is 6.54 Å². The summed E-state index contributed by atoms with van der Waals surface area (Å²) < 4.78 is 0. The van der Waals surface area contributed by atoms with Crippen LogP contribution < -0.4 is 5.32 Å². The average Bonchev–Trinajstić information content (AvgIpc) is 2.72. The van der Waals surface area contributed by atoms with E-state index in [1.54, 1.807) is 29.6 Å². The van der Waals surface area contributed by atoms with Crippen LogP contribution in [0.25, 0.3) is 0 Å². The lowest BCUT2D eigenvalue weighted by Crippen LogP contribution is -2.21. The number of amides is 1. The number of phenols is 1. The normalized spacial score (nSPS) is 10.2. The van der Waals surface area contributed by atoms with E-state index in [1.807, 2.05) is 6.07 Å². The third kappa shape index (κ3) is 2.99. The first kappa shape index (κ1) is 12.0. The summed E-state index contributed by atoms with van der Waals surface area (Å²) >= 11 is 7.15. The van der Waals surface area contributed by atoms with Crippen molar-refractivity contribution in [2.24, 2.45) is 0 Å². The number of carbonyl (C=O) groups excluding carboxylic acids is 1. The van der Waals surface area contributed by atoms with E-state index in [9.17, 15) is 9.90 Å². The predicted molar refractivity (Wildman–Crippen MR) is 68.6 cm³/mol. The summed E-state index contributed by atoms with van der Waals surface area (Å²) in [6.45, 7) is 0.363. The standard InChI is InChI=1S/C12H10ClNO2S/c13-10-4-5-17-11(10)12(16)14-7-8-2-1-3-9(15)6-8/h1-6,15H,7H2,(H,14,16). The molecule has 0 atom stereocenters. The first-order valence-electron chi connectivity index (χ1n) is 4.96.